The number of carbonyl (C=O) groups excluding carboxylic acids is 1. The third kappa shape index (κ3) is 1.55. The summed E-state index contributed by atoms with van der Waals surface area (Å²) < 4.78 is 0. The first-order chi connectivity index (χ1) is 9.94. The van der Waals surface area contributed by atoms with Crippen molar-refractivity contribution in [3.05, 3.63) is 70.3 Å². The van der Waals surface area contributed by atoms with Crippen LogP contribution in [0.3, 0.4) is 0 Å². The maximum absolute atomic E-state index is 12.6. The van der Waals surface area contributed by atoms with E-state index in [0.717, 1.165) is 12.0 Å². The van der Waals surface area contributed by atoms with E-state index in [1.54, 1.807) is 0 Å². The van der Waals surface area contributed by atoms with E-state index in [1.165, 1.54) is 22.3 Å². The van der Waals surface area contributed by atoms with Gasteiger partial charge in [0.05, 0.1) is 0 Å². The number of rotatable bonds is 0. The number of benzene rings is 2. The number of ketones is 1. The van der Waals surface area contributed by atoms with Crippen molar-refractivity contribution in [1.82, 2.24) is 0 Å². The average molecular weight is 276 g/mol. The van der Waals surface area contributed by atoms with Crippen LogP contribution in [0.2, 0.25) is 0 Å². The Labute approximate surface area is 126 Å². The van der Waals surface area contributed by atoms with Gasteiger partial charge >= 0.3 is 0 Å². The summed E-state index contributed by atoms with van der Waals surface area (Å²) in [5.74, 6) is 0.303. The summed E-state index contributed by atoms with van der Waals surface area (Å²) in [6.45, 7) is 6.72. The molecule has 0 amide bonds. The van der Waals surface area contributed by atoms with E-state index in [4.69, 9.17) is 0 Å². The summed E-state index contributed by atoms with van der Waals surface area (Å²) in [5.41, 5.74) is 6.24. The molecule has 0 saturated heterocycles. The van der Waals surface area contributed by atoms with Crippen LogP contribution < -0.4 is 0 Å². The number of hydrogen-bond acceptors (Lipinski definition) is 1. The SMILES string of the molecule is Cc1ccc2c(c1)C1(CC2=O)CC(C)(C)c2ccccc21. The predicted molar refractivity (Wildman–Crippen MR) is 85.0 cm³/mol. The zero-order valence-electron chi connectivity index (χ0n) is 12.9. The van der Waals surface area contributed by atoms with E-state index in [0.29, 0.717) is 12.2 Å². The molecular formula is C20H20O. The highest BCUT2D eigenvalue weighted by molar-refractivity contribution is 6.03. The first-order valence-electron chi connectivity index (χ1n) is 7.68. The minimum Gasteiger partial charge on any atom is -0.294 e. The molecule has 1 nitrogen and oxygen atoms in total. The monoisotopic (exact) mass is 276 g/mol. The van der Waals surface area contributed by atoms with Crippen LogP contribution in [0, 0.1) is 6.92 Å². The maximum Gasteiger partial charge on any atom is 0.164 e. The molecule has 1 spiro atoms. The van der Waals surface area contributed by atoms with Crippen molar-refractivity contribution in [2.24, 2.45) is 0 Å². The first kappa shape index (κ1) is 12.8. The van der Waals surface area contributed by atoms with Gasteiger partial charge in [0.15, 0.2) is 5.78 Å². The van der Waals surface area contributed by atoms with E-state index < -0.39 is 0 Å². The average Bonchev–Trinajstić information content (AvgIpc) is 2.84. The highest BCUT2D eigenvalue weighted by Crippen LogP contribution is 2.58. The van der Waals surface area contributed by atoms with Gasteiger partial charge in [-0.1, -0.05) is 61.9 Å². The van der Waals surface area contributed by atoms with E-state index in [2.05, 4.69) is 57.2 Å². The Morgan fingerprint density at radius 1 is 0.952 bits per heavy atom. The molecule has 0 N–H and O–H groups in total. The Morgan fingerprint density at radius 2 is 1.67 bits per heavy atom. The van der Waals surface area contributed by atoms with Crippen molar-refractivity contribution in [1.29, 1.82) is 0 Å². The lowest BCUT2D eigenvalue weighted by Crippen LogP contribution is -2.25. The Balaban J connectivity index is 2.04. The lowest BCUT2D eigenvalue weighted by Gasteiger charge is -2.28. The lowest BCUT2D eigenvalue weighted by atomic mass is 9.74. The molecular weight excluding hydrogens is 256 g/mol. The molecule has 2 aliphatic carbocycles. The summed E-state index contributed by atoms with van der Waals surface area (Å²) in [4.78, 5) is 12.6. The summed E-state index contributed by atoms with van der Waals surface area (Å²) >= 11 is 0. The highest BCUT2D eigenvalue weighted by Gasteiger charge is 2.53. The van der Waals surface area contributed by atoms with Gasteiger partial charge < -0.3 is 0 Å². The van der Waals surface area contributed by atoms with Gasteiger partial charge in [0.1, 0.15) is 0 Å². The third-order valence-electron chi connectivity index (χ3n) is 5.37. The second-order valence-corrected chi connectivity index (χ2v) is 7.34. The first-order valence-corrected chi connectivity index (χ1v) is 7.68. The zero-order chi connectivity index (χ0) is 14.8. The Bertz CT molecular complexity index is 769. The van der Waals surface area contributed by atoms with E-state index in [-0.39, 0.29) is 10.8 Å². The molecule has 0 bridgehead atoms. The molecule has 106 valence electrons. The summed E-state index contributed by atoms with van der Waals surface area (Å²) in [7, 11) is 0. The molecule has 1 atom stereocenters. The lowest BCUT2D eigenvalue weighted by molar-refractivity contribution is 0.0978. The minimum atomic E-state index is -0.0987. The van der Waals surface area contributed by atoms with E-state index in [9.17, 15) is 4.79 Å². The van der Waals surface area contributed by atoms with Crippen LogP contribution in [0.4, 0.5) is 0 Å². The molecule has 21 heavy (non-hydrogen) atoms. The van der Waals surface area contributed by atoms with Crippen LogP contribution in [-0.2, 0) is 10.8 Å². The third-order valence-corrected chi connectivity index (χ3v) is 5.37. The molecule has 0 fully saturated rings. The molecule has 0 aliphatic heterocycles. The van der Waals surface area contributed by atoms with Crippen LogP contribution in [-0.4, -0.2) is 5.78 Å². The van der Waals surface area contributed by atoms with Crippen molar-refractivity contribution in [3.8, 4) is 0 Å². The summed E-state index contributed by atoms with van der Waals surface area (Å²) in [6.07, 6.45) is 1.66. The van der Waals surface area contributed by atoms with E-state index in [1.807, 2.05) is 6.07 Å². The summed E-state index contributed by atoms with van der Waals surface area (Å²) in [5, 5.41) is 0. The maximum atomic E-state index is 12.6. The molecule has 4 rings (SSSR count). The topological polar surface area (TPSA) is 17.1 Å². The molecule has 0 heterocycles. The van der Waals surface area contributed by atoms with Gasteiger partial charge in [0.25, 0.3) is 0 Å². The number of aryl methyl sites for hydroxylation is 1. The van der Waals surface area contributed by atoms with Gasteiger partial charge in [0, 0.05) is 17.4 Å². The smallest absolute Gasteiger partial charge is 0.164 e. The number of fused-ring (bicyclic) bond motifs is 4. The van der Waals surface area contributed by atoms with Gasteiger partial charge in [-0.2, -0.15) is 0 Å². The van der Waals surface area contributed by atoms with Crippen molar-refractivity contribution in [2.45, 2.75) is 44.4 Å². The largest absolute Gasteiger partial charge is 0.294 e. The normalized spacial score (nSPS) is 25.2. The molecule has 2 aromatic rings. The summed E-state index contributed by atoms with van der Waals surface area (Å²) in [6, 6.07) is 15.0. The van der Waals surface area contributed by atoms with E-state index >= 15 is 0 Å². The van der Waals surface area contributed by atoms with Gasteiger partial charge in [-0.3, -0.25) is 4.79 Å². The Kier molecular flexibility index (Phi) is 2.35. The van der Waals surface area contributed by atoms with Crippen molar-refractivity contribution < 1.29 is 4.79 Å². The molecule has 2 aromatic carbocycles. The molecule has 0 radical (unpaired) electrons. The van der Waals surface area contributed by atoms with Gasteiger partial charge in [-0.15, -0.1) is 0 Å². The van der Waals surface area contributed by atoms with Crippen molar-refractivity contribution in [2.75, 3.05) is 0 Å². The van der Waals surface area contributed by atoms with Crippen LogP contribution in [0.15, 0.2) is 42.5 Å². The fourth-order valence-electron chi connectivity index (χ4n) is 4.60. The second-order valence-electron chi connectivity index (χ2n) is 7.34. The fraction of sp³-hybridized carbons (Fsp3) is 0.350. The standard InChI is InChI=1S/C20H20O/c1-13-8-9-14-17(10-13)20(11-18(14)21)12-19(2,3)15-6-4-5-7-16(15)20/h4-10H,11-12H2,1-3H3. The number of carbonyl (C=O) groups is 1. The van der Waals surface area contributed by atoms with Crippen molar-refractivity contribution in [3.63, 3.8) is 0 Å². The quantitative estimate of drug-likeness (QED) is 0.690. The van der Waals surface area contributed by atoms with Crippen LogP contribution in [0.1, 0.15) is 59.3 Å². The van der Waals surface area contributed by atoms with Crippen molar-refractivity contribution >= 4 is 5.78 Å². The molecule has 2 aliphatic rings. The van der Waals surface area contributed by atoms with Gasteiger partial charge in [-0.05, 0) is 35.4 Å². The van der Waals surface area contributed by atoms with Crippen LogP contribution in [0.5, 0.6) is 0 Å². The van der Waals surface area contributed by atoms with Crippen LogP contribution >= 0.6 is 0 Å². The van der Waals surface area contributed by atoms with Crippen LogP contribution in [0.25, 0.3) is 0 Å². The molecule has 0 aromatic heterocycles. The molecule has 1 heteroatoms. The molecule has 0 saturated carbocycles. The predicted octanol–water partition coefficient (Wildman–Crippen LogP) is 4.55. The number of hydrogen-bond donors (Lipinski definition) is 0. The Hall–Kier alpha value is -1.89. The minimum absolute atomic E-state index is 0.0987. The highest BCUT2D eigenvalue weighted by atomic mass is 16.1. The fourth-order valence-corrected chi connectivity index (χ4v) is 4.60. The number of Topliss-reactive ketones (excluding diaryl/α,β-unsaturated/α-hetero) is 1. The molecule has 1 unspecified atom stereocenters. The zero-order valence-corrected chi connectivity index (χ0v) is 12.9. The Morgan fingerprint density at radius 3 is 2.43 bits per heavy atom. The second kappa shape index (κ2) is 3.85. The van der Waals surface area contributed by atoms with Gasteiger partial charge in [0.2, 0.25) is 0 Å². The van der Waals surface area contributed by atoms with Gasteiger partial charge in [-0.25, -0.2) is 0 Å².